The predicted molar refractivity (Wildman–Crippen MR) is 89.8 cm³/mol. The second kappa shape index (κ2) is 5.25. The van der Waals surface area contributed by atoms with E-state index in [9.17, 15) is 0 Å². The molecule has 0 saturated carbocycles. The van der Waals surface area contributed by atoms with E-state index in [-0.39, 0.29) is 6.04 Å². The van der Waals surface area contributed by atoms with Gasteiger partial charge >= 0.3 is 0 Å². The van der Waals surface area contributed by atoms with Crippen LogP contribution in [0.15, 0.2) is 30.6 Å². The van der Waals surface area contributed by atoms with E-state index in [1.165, 1.54) is 16.0 Å². The van der Waals surface area contributed by atoms with Crippen molar-refractivity contribution in [2.24, 2.45) is 0 Å². The molecular formula is C17H17N3OS. The maximum absolute atomic E-state index is 5.74. The van der Waals surface area contributed by atoms with E-state index >= 15 is 0 Å². The Kier molecular flexibility index (Phi) is 3.22. The number of fused-ring (bicyclic) bond motifs is 2. The molecule has 0 amide bonds. The number of hydrogen-bond donors (Lipinski definition) is 1. The summed E-state index contributed by atoms with van der Waals surface area (Å²) in [6.07, 6.45) is 2.58. The largest absolute Gasteiger partial charge is 0.493 e. The third kappa shape index (κ3) is 2.13. The van der Waals surface area contributed by atoms with Crippen LogP contribution in [0.2, 0.25) is 0 Å². The highest BCUT2D eigenvalue weighted by Gasteiger charge is 2.22. The molecule has 4 nitrogen and oxygen atoms in total. The normalized spacial score (nSPS) is 17.1. The number of ether oxygens (including phenoxy) is 1. The number of aromatic nitrogens is 2. The van der Waals surface area contributed by atoms with Crippen molar-refractivity contribution >= 4 is 27.4 Å². The van der Waals surface area contributed by atoms with Gasteiger partial charge in [-0.1, -0.05) is 18.2 Å². The minimum atomic E-state index is 0.225. The SMILES string of the molecule is Cc1sc2ncnc(NC3CCOc4ccccc43)c2c1C. The van der Waals surface area contributed by atoms with Gasteiger partial charge in [-0.25, -0.2) is 9.97 Å². The van der Waals surface area contributed by atoms with Crippen molar-refractivity contribution in [3.05, 3.63) is 46.6 Å². The van der Waals surface area contributed by atoms with Gasteiger partial charge in [0.15, 0.2) is 0 Å². The fourth-order valence-corrected chi connectivity index (χ4v) is 3.95. The number of nitrogens with one attached hydrogen (secondary N) is 1. The first-order chi connectivity index (χ1) is 10.7. The Morgan fingerprint density at radius 2 is 2.09 bits per heavy atom. The summed E-state index contributed by atoms with van der Waals surface area (Å²) in [5, 5.41) is 4.76. The third-order valence-electron chi connectivity index (χ3n) is 4.23. The molecule has 1 unspecified atom stereocenters. The van der Waals surface area contributed by atoms with Gasteiger partial charge in [-0.15, -0.1) is 11.3 Å². The van der Waals surface area contributed by atoms with Gasteiger partial charge in [-0.05, 0) is 25.5 Å². The van der Waals surface area contributed by atoms with Gasteiger partial charge in [0, 0.05) is 16.9 Å². The van der Waals surface area contributed by atoms with Gasteiger partial charge in [0.05, 0.1) is 18.0 Å². The molecule has 1 atom stereocenters. The molecular weight excluding hydrogens is 294 g/mol. The highest BCUT2D eigenvalue weighted by molar-refractivity contribution is 7.18. The quantitative estimate of drug-likeness (QED) is 0.769. The molecule has 1 aromatic carbocycles. The third-order valence-corrected chi connectivity index (χ3v) is 5.35. The number of anilines is 1. The topological polar surface area (TPSA) is 47.0 Å². The molecule has 0 saturated heterocycles. The number of aryl methyl sites for hydroxylation is 2. The minimum Gasteiger partial charge on any atom is -0.493 e. The Bertz CT molecular complexity index is 843. The first-order valence-electron chi connectivity index (χ1n) is 7.43. The summed E-state index contributed by atoms with van der Waals surface area (Å²) in [4.78, 5) is 11.2. The monoisotopic (exact) mass is 311 g/mol. The lowest BCUT2D eigenvalue weighted by molar-refractivity contribution is 0.274. The molecule has 1 N–H and O–H groups in total. The van der Waals surface area contributed by atoms with E-state index in [2.05, 4.69) is 41.3 Å². The zero-order chi connectivity index (χ0) is 15.1. The summed E-state index contributed by atoms with van der Waals surface area (Å²) < 4.78 is 5.74. The summed E-state index contributed by atoms with van der Waals surface area (Å²) >= 11 is 1.72. The van der Waals surface area contributed by atoms with Crippen molar-refractivity contribution in [1.82, 2.24) is 9.97 Å². The van der Waals surface area contributed by atoms with Crippen LogP contribution in [0.25, 0.3) is 10.2 Å². The van der Waals surface area contributed by atoms with Crippen molar-refractivity contribution in [2.45, 2.75) is 26.3 Å². The molecule has 0 bridgehead atoms. The Morgan fingerprint density at radius 3 is 3.00 bits per heavy atom. The van der Waals surface area contributed by atoms with Gasteiger partial charge in [-0.3, -0.25) is 0 Å². The van der Waals surface area contributed by atoms with Crippen LogP contribution in [0, 0.1) is 13.8 Å². The Morgan fingerprint density at radius 1 is 1.23 bits per heavy atom. The standard InChI is InChI=1S/C17H17N3OS/c1-10-11(2)22-17-15(10)16(18-9-19-17)20-13-7-8-21-14-6-4-3-5-12(13)14/h3-6,9,13H,7-8H2,1-2H3,(H,18,19,20). The lowest BCUT2D eigenvalue weighted by Crippen LogP contribution is -2.20. The molecule has 3 aromatic rings. The first-order valence-corrected chi connectivity index (χ1v) is 8.24. The van der Waals surface area contributed by atoms with Crippen LogP contribution in [-0.2, 0) is 0 Å². The van der Waals surface area contributed by atoms with Crippen LogP contribution >= 0.6 is 11.3 Å². The van der Waals surface area contributed by atoms with Crippen molar-refractivity contribution in [1.29, 1.82) is 0 Å². The summed E-state index contributed by atoms with van der Waals surface area (Å²) in [6, 6.07) is 8.44. The molecule has 0 spiro atoms. The molecule has 0 radical (unpaired) electrons. The lowest BCUT2D eigenvalue weighted by atomic mass is 10.0. The summed E-state index contributed by atoms with van der Waals surface area (Å²) in [7, 11) is 0. The molecule has 0 fully saturated rings. The maximum atomic E-state index is 5.74. The average molecular weight is 311 g/mol. The van der Waals surface area contributed by atoms with Gasteiger partial charge in [0.2, 0.25) is 0 Å². The van der Waals surface area contributed by atoms with Crippen molar-refractivity contribution in [3.8, 4) is 5.75 Å². The fraction of sp³-hybridized carbons (Fsp3) is 0.294. The predicted octanol–water partition coefficient (Wildman–Crippen LogP) is 4.24. The molecule has 1 aliphatic heterocycles. The van der Waals surface area contributed by atoms with Crippen LogP contribution in [0.3, 0.4) is 0 Å². The smallest absolute Gasteiger partial charge is 0.138 e. The Balaban J connectivity index is 1.76. The summed E-state index contributed by atoms with van der Waals surface area (Å²) in [5.41, 5.74) is 2.47. The molecule has 112 valence electrons. The number of thiophene rings is 1. The highest BCUT2D eigenvalue weighted by atomic mass is 32.1. The van der Waals surface area contributed by atoms with E-state index in [0.717, 1.165) is 34.8 Å². The van der Waals surface area contributed by atoms with Crippen molar-refractivity contribution in [3.63, 3.8) is 0 Å². The van der Waals surface area contributed by atoms with Crippen LogP contribution in [-0.4, -0.2) is 16.6 Å². The number of benzene rings is 1. The van der Waals surface area contributed by atoms with E-state index < -0.39 is 0 Å². The van der Waals surface area contributed by atoms with Crippen LogP contribution in [0.1, 0.15) is 28.5 Å². The number of nitrogens with zero attached hydrogens (tertiary/aromatic N) is 2. The molecule has 5 heteroatoms. The van der Waals surface area contributed by atoms with Crippen LogP contribution < -0.4 is 10.1 Å². The number of hydrogen-bond acceptors (Lipinski definition) is 5. The molecule has 22 heavy (non-hydrogen) atoms. The van der Waals surface area contributed by atoms with Crippen molar-refractivity contribution < 1.29 is 4.74 Å². The number of rotatable bonds is 2. The van der Waals surface area contributed by atoms with E-state index in [1.54, 1.807) is 17.7 Å². The first kappa shape index (κ1) is 13.5. The Hall–Kier alpha value is -2.14. The molecule has 0 aliphatic carbocycles. The van der Waals surface area contributed by atoms with Crippen LogP contribution in [0.4, 0.5) is 5.82 Å². The van der Waals surface area contributed by atoms with Gasteiger partial charge in [0.1, 0.15) is 22.7 Å². The van der Waals surface area contributed by atoms with Gasteiger partial charge in [0.25, 0.3) is 0 Å². The molecule has 4 rings (SSSR count). The Labute approximate surface area is 133 Å². The second-order valence-corrected chi connectivity index (χ2v) is 6.76. The summed E-state index contributed by atoms with van der Waals surface area (Å²) in [6.45, 7) is 5.00. The summed E-state index contributed by atoms with van der Waals surface area (Å²) in [5.74, 6) is 1.89. The van der Waals surface area contributed by atoms with E-state index in [1.807, 2.05) is 12.1 Å². The second-order valence-electron chi connectivity index (χ2n) is 5.56. The zero-order valence-electron chi connectivity index (χ0n) is 12.6. The molecule has 2 aromatic heterocycles. The maximum Gasteiger partial charge on any atom is 0.138 e. The molecule has 1 aliphatic rings. The lowest BCUT2D eigenvalue weighted by Gasteiger charge is -2.27. The zero-order valence-corrected chi connectivity index (χ0v) is 13.4. The minimum absolute atomic E-state index is 0.225. The van der Waals surface area contributed by atoms with Crippen molar-refractivity contribution in [2.75, 3.05) is 11.9 Å². The van der Waals surface area contributed by atoms with Gasteiger partial charge < -0.3 is 10.1 Å². The van der Waals surface area contributed by atoms with Gasteiger partial charge in [-0.2, -0.15) is 0 Å². The van der Waals surface area contributed by atoms with Crippen LogP contribution in [0.5, 0.6) is 5.75 Å². The number of para-hydroxylation sites is 1. The van der Waals surface area contributed by atoms with E-state index in [0.29, 0.717) is 0 Å². The highest BCUT2D eigenvalue weighted by Crippen LogP contribution is 2.37. The fourth-order valence-electron chi connectivity index (χ4n) is 2.95. The molecule has 3 heterocycles. The van der Waals surface area contributed by atoms with E-state index in [4.69, 9.17) is 4.74 Å². The average Bonchev–Trinajstić information content (AvgIpc) is 2.83.